The summed E-state index contributed by atoms with van der Waals surface area (Å²) < 4.78 is 5.96. The maximum Gasteiger partial charge on any atom is 0.267 e. The van der Waals surface area contributed by atoms with Crippen LogP contribution in [0.1, 0.15) is 22.5 Å². The number of halogens is 1. The van der Waals surface area contributed by atoms with Gasteiger partial charge in [-0.3, -0.25) is 9.59 Å². The molecule has 1 heterocycles. The van der Waals surface area contributed by atoms with Crippen LogP contribution >= 0.6 is 15.9 Å². The number of hydrogen-bond acceptors (Lipinski definition) is 5. The molecule has 25 heavy (non-hydrogen) atoms. The number of furan rings is 1. The Morgan fingerprint density at radius 3 is 2.48 bits per heavy atom. The zero-order valence-corrected chi connectivity index (χ0v) is 14.5. The van der Waals surface area contributed by atoms with E-state index in [9.17, 15) is 19.5 Å². The minimum absolute atomic E-state index is 0.0683. The first-order chi connectivity index (χ1) is 12.0. The van der Waals surface area contributed by atoms with Crippen molar-refractivity contribution in [2.24, 2.45) is 0 Å². The molecule has 0 bridgehead atoms. The average Bonchev–Trinajstić information content (AvgIpc) is 3.07. The summed E-state index contributed by atoms with van der Waals surface area (Å²) in [5, 5.41) is 15.3. The Labute approximate surface area is 151 Å². The van der Waals surface area contributed by atoms with Crippen molar-refractivity contribution in [1.82, 2.24) is 10.6 Å². The van der Waals surface area contributed by atoms with Crippen LogP contribution < -0.4 is 15.7 Å². The van der Waals surface area contributed by atoms with Crippen LogP contribution in [0.15, 0.2) is 57.2 Å². The van der Waals surface area contributed by atoms with E-state index in [0.717, 1.165) is 4.47 Å². The van der Waals surface area contributed by atoms with Gasteiger partial charge in [-0.2, -0.15) is 0 Å². The highest BCUT2D eigenvalue weighted by Gasteiger charge is 2.15. The molecule has 2 amide bonds. The Morgan fingerprint density at radius 1 is 1.16 bits per heavy atom. The molecule has 2 N–H and O–H groups in total. The highest BCUT2D eigenvalue weighted by atomic mass is 79.9. The summed E-state index contributed by atoms with van der Waals surface area (Å²) in [4.78, 5) is 34.9. The first-order valence-electron chi connectivity index (χ1n) is 7.26. The van der Waals surface area contributed by atoms with Crippen molar-refractivity contribution in [3.05, 3.63) is 64.2 Å². The topological polar surface area (TPSA) is 111 Å². The molecular formula is C17H14BrN2O5-. The van der Waals surface area contributed by atoms with Gasteiger partial charge in [0.15, 0.2) is 0 Å². The lowest BCUT2D eigenvalue weighted by Gasteiger charge is -2.11. The summed E-state index contributed by atoms with van der Waals surface area (Å²) in [5.41, 5.74) is 0.289. The molecule has 2 aromatic rings. The summed E-state index contributed by atoms with van der Waals surface area (Å²) >= 11 is 3.28. The summed E-state index contributed by atoms with van der Waals surface area (Å²) in [6, 6.07) is 9.83. The number of amides is 2. The molecule has 8 heteroatoms. The monoisotopic (exact) mass is 405 g/mol. The molecule has 7 nitrogen and oxygen atoms in total. The third-order valence-electron chi connectivity index (χ3n) is 3.04. The van der Waals surface area contributed by atoms with Crippen molar-refractivity contribution >= 4 is 39.8 Å². The number of rotatable bonds is 7. The zero-order chi connectivity index (χ0) is 18.2. The standard InChI is InChI=1S/C17H15BrN2O5/c18-12-5-3-11(4-6-12)16(23)20-14(10-13-2-1-9-25-13)17(24)19-8-7-15(21)22/h1-6,9-10H,7-8H2,(H,19,24)(H,20,23)(H,21,22)/p-1/b14-10+. The minimum atomic E-state index is -1.28. The lowest BCUT2D eigenvalue weighted by atomic mass is 10.2. The molecule has 0 unspecified atom stereocenters. The molecule has 0 fully saturated rings. The second kappa shape index (κ2) is 8.84. The fourth-order valence-electron chi connectivity index (χ4n) is 1.84. The van der Waals surface area contributed by atoms with E-state index in [1.807, 2.05) is 0 Å². The lowest BCUT2D eigenvalue weighted by molar-refractivity contribution is -0.305. The van der Waals surface area contributed by atoms with E-state index in [1.54, 1.807) is 36.4 Å². The van der Waals surface area contributed by atoms with Crippen molar-refractivity contribution in [1.29, 1.82) is 0 Å². The van der Waals surface area contributed by atoms with Crippen molar-refractivity contribution in [2.75, 3.05) is 6.54 Å². The number of carboxylic acid groups (broad SMARTS) is 1. The van der Waals surface area contributed by atoms with E-state index in [-0.39, 0.29) is 18.7 Å². The van der Waals surface area contributed by atoms with E-state index in [1.165, 1.54) is 12.3 Å². The Kier molecular flexibility index (Phi) is 6.53. The molecule has 1 aromatic carbocycles. The SMILES string of the molecule is O=C([O-])CCNC(=O)/C(=C\c1ccco1)NC(=O)c1ccc(Br)cc1. The fraction of sp³-hybridized carbons (Fsp3) is 0.118. The molecule has 0 radical (unpaired) electrons. The van der Waals surface area contributed by atoms with Crippen LogP contribution in [-0.4, -0.2) is 24.3 Å². The van der Waals surface area contributed by atoms with Crippen molar-refractivity contribution < 1.29 is 23.9 Å². The molecule has 0 aliphatic heterocycles. The summed E-state index contributed by atoms with van der Waals surface area (Å²) in [6.07, 6.45) is 2.44. The highest BCUT2D eigenvalue weighted by Crippen LogP contribution is 2.12. The van der Waals surface area contributed by atoms with Crippen molar-refractivity contribution in [2.45, 2.75) is 6.42 Å². The highest BCUT2D eigenvalue weighted by molar-refractivity contribution is 9.10. The second-order valence-corrected chi connectivity index (χ2v) is 5.83. The number of carbonyl (C=O) groups is 3. The first-order valence-corrected chi connectivity index (χ1v) is 8.05. The molecule has 0 saturated carbocycles. The second-order valence-electron chi connectivity index (χ2n) is 4.91. The van der Waals surface area contributed by atoms with E-state index < -0.39 is 17.8 Å². The molecule has 2 rings (SSSR count). The smallest absolute Gasteiger partial charge is 0.267 e. The average molecular weight is 406 g/mol. The van der Waals surface area contributed by atoms with Gasteiger partial charge in [-0.25, -0.2) is 0 Å². The first kappa shape index (κ1) is 18.5. The van der Waals surface area contributed by atoms with Crippen molar-refractivity contribution in [3.63, 3.8) is 0 Å². The Bertz CT molecular complexity index is 782. The van der Waals surface area contributed by atoms with Gasteiger partial charge in [-0.1, -0.05) is 15.9 Å². The fourth-order valence-corrected chi connectivity index (χ4v) is 2.11. The Balaban J connectivity index is 2.14. The van der Waals surface area contributed by atoms with E-state index in [0.29, 0.717) is 11.3 Å². The van der Waals surface area contributed by atoms with Crippen LogP contribution in [0.3, 0.4) is 0 Å². The Morgan fingerprint density at radius 2 is 1.88 bits per heavy atom. The summed E-state index contributed by atoms with van der Waals surface area (Å²) in [7, 11) is 0. The largest absolute Gasteiger partial charge is 0.550 e. The molecule has 0 spiro atoms. The van der Waals surface area contributed by atoms with Gasteiger partial charge in [-0.05, 0) is 36.4 Å². The molecule has 0 atom stereocenters. The Hall–Kier alpha value is -2.87. The van der Waals surface area contributed by atoms with Crippen LogP contribution in [0, 0.1) is 0 Å². The molecule has 0 saturated heterocycles. The van der Waals surface area contributed by atoms with Gasteiger partial charge < -0.3 is 25.0 Å². The van der Waals surface area contributed by atoms with Gasteiger partial charge in [0, 0.05) is 35.0 Å². The number of aliphatic carboxylic acids is 1. The molecule has 1 aromatic heterocycles. The number of carbonyl (C=O) groups excluding carboxylic acids is 3. The summed E-state index contributed by atoms with van der Waals surface area (Å²) in [5.74, 6) is -2.04. The molecule has 0 aliphatic rings. The minimum Gasteiger partial charge on any atom is -0.550 e. The molecule has 130 valence electrons. The molecular weight excluding hydrogens is 392 g/mol. The van der Waals surface area contributed by atoms with Crippen LogP contribution in [0.4, 0.5) is 0 Å². The van der Waals surface area contributed by atoms with E-state index in [4.69, 9.17) is 4.42 Å². The normalized spacial score (nSPS) is 11.0. The summed E-state index contributed by atoms with van der Waals surface area (Å²) in [6.45, 7) is -0.120. The predicted molar refractivity (Wildman–Crippen MR) is 90.9 cm³/mol. The zero-order valence-electron chi connectivity index (χ0n) is 13.0. The van der Waals surface area contributed by atoms with Crippen LogP contribution in [0.2, 0.25) is 0 Å². The van der Waals surface area contributed by atoms with Gasteiger partial charge in [0.05, 0.1) is 6.26 Å². The third-order valence-corrected chi connectivity index (χ3v) is 3.57. The number of benzene rings is 1. The third kappa shape index (κ3) is 5.92. The number of carboxylic acids is 1. The van der Waals surface area contributed by atoms with Gasteiger partial charge in [-0.15, -0.1) is 0 Å². The van der Waals surface area contributed by atoms with E-state index in [2.05, 4.69) is 26.6 Å². The number of hydrogen-bond donors (Lipinski definition) is 2. The van der Waals surface area contributed by atoms with Gasteiger partial charge >= 0.3 is 0 Å². The maximum atomic E-state index is 12.3. The van der Waals surface area contributed by atoms with Crippen LogP contribution in [-0.2, 0) is 9.59 Å². The van der Waals surface area contributed by atoms with E-state index >= 15 is 0 Å². The van der Waals surface area contributed by atoms with Crippen LogP contribution in [0.5, 0.6) is 0 Å². The number of nitrogens with one attached hydrogen (secondary N) is 2. The lowest BCUT2D eigenvalue weighted by Crippen LogP contribution is -2.37. The van der Waals surface area contributed by atoms with Gasteiger partial charge in [0.2, 0.25) is 0 Å². The van der Waals surface area contributed by atoms with Gasteiger partial charge in [0.25, 0.3) is 11.8 Å². The van der Waals surface area contributed by atoms with Crippen LogP contribution in [0.25, 0.3) is 6.08 Å². The predicted octanol–water partition coefficient (Wildman–Crippen LogP) is 1.07. The quantitative estimate of drug-likeness (QED) is 0.669. The molecule has 0 aliphatic carbocycles. The van der Waals surface area contributed by atoms with Gasteiger partial charge in [0.1, 0.15) is 11.5 Å². The maximum absolute atomic E-state index is 12.3. The van der Waals surface area contributed by atoms with Crippen molar-refractivity contribution in [3.8, 4) is 0 Å².